The van der Waals surface area contributed by atoms with Crippen LogP contribution in [0, 0.1) is 0 Å². The number of hydrogen-bond acceptors (Lipinski definition) is 1. The van der Waals surface area contributed by atoms with E-state index in [1.807, 2.05) is 0 Å². The maximum atomic E-state index is 9.00. The van der Waals surface area contributed by atoms with Crippen molar-refractivity contribution in [3.05, 3.63) is 0 Å². The Labute approximate surface area is 88.6 Å². The van der Waals surface area contributed by atoms with Gasteiger partial charge in [-0.25, -0.2) is 0 Å². The first-order chi connectivity index (χ1) is 1.73. The first-order valence-electron chi connectivity index (χ1n) is 0.928. The van der Waals surface area contributed by atoms with Crippen LogP contribution in [0.25, 0.3) is 0 Å². The van der Waals surface area contributed by atoms with E-state index in [2.05, 4.69) is 0 Å². The third kappa shape index (κ3) is 42.8. The molecule has 0 fully saturated rings. The molecule has 2 nitrogen and oxygen atoms in total. The standard InChI is InChI=1S/C2H4O2.Ca.Na.3H/c1-2(3)4;;;;;/h1H3,(H,3,4);;;;;. The molecule has 0 aliphatic rings. The number of carboxylic acid groups (broad SMARTS) is 1. The Morgan fingerprint density at radius 1 is 1.67 bits per heavy atom. The molecular weight excluding hydrogens is 119 g/mol. The van der Waals surface area contributed by atoms with Crippen molar-refractivity contribution in [1.82, 2.24) is 0 Å². The molecule has 1 N–H and O–H groups in total. The van der Waals surface area contributed by atoms with Gasteiger partial charge in [0.25, 0.3) is 5.97 Å². The fourth-order valence-electron chi connectivity index (χ4n) is 0. The molecule has 0 radical (unpaired) electrons. The summed E-state index contributed by atoms with van der Waals surface area (Å²) in [4.78, 5) is 9.00. The van der Waals surface area contributed by atoms with Gasteiger partial charge in [0.1, 0.15) is 0 Å². The van der Waals surface area contributed by atoms with Crippen LogP contribution in [-0.2, 0) is 4.79 Å². The van der Waals surface area contributed by atoms with Crippen molar-refractivity contribution in [2.45, 2.75) is 6.92 Å². The van der Waals surface area contributed by atoms with Crippen molar-refractivity contribution >= 4 is 73.3 Å². The van der Waals surface area contributed by atoms with E-state index in [4.69, 9.17) is 9.90 Å². The van der Waals surface area contributed by atoms with Crippen molar-refractivity contribution in [3.63, 3.8) is 0 Å². The van der Waals surface area contributed by atoms with Gasteiger partial charge in [-0.1, -0.05) is 0 Å². The SMILES string of the molecule is CC(=O)O.[CaH2].[NaH]. The van der Waals surface area contributed by atoms with E-state index in [1.165, 1.54) is 0 Å². The topological polar surface area (TPSA) is 37.3 Å². The minimum absolute atomic E-state index is 0. The van der Waals surface area contributed by atoms with Gasteiger partial charge in [0, 0.05) is 6.92 Å². The van der Waals surface area contributed by atoms with E-state index < -0.39 is 5.97 Å². The molecular formula is C2H7CaNaO2. The Hall–Kier alpha value is 1.73. The van der Waals surface area contributed by atoms with Crippen molar-refractivity contribution in [2.75, 3.05) is 0 Å². The molecule has 0 spiro atoms. The molecule has 6 heavy (non-hydrogen) atoms. The van der Waals surface area contributed by atoms with Crippen LogP contribution in [0.4, 0.5) is 0 Å². The maximum absolute atomic E-state index is 9.00. The van der Waals surface area contributed by atoms with Crippen molar-refractivity contribution in [1.29, 1.82) is 0 Å². The first kappa shape index (κ1) is 15.6. The van der Waals surface area contributed by atoms with Crippen LogP contribution >= 0.6 is 0 Å². The second-order valence-corrected chi connectivity index (χ2v) is 0.519. The van der Waals surface area contributed by atoms with Gasteiger partial charge in [-0.2, -0.15) is 0 Å². The molecule has 4 heteroatoms. The average Bonchev–Trinajstić information content (AvgIpc) is 0.811. The monoisotopic (exact) mass is 126 g/mol. The minimum atomic E-state index is -0.833. The van der Waals surface area contributed by atoms with Crippen LogP contribution in [-0.4, -0.2) is 78.4 Å². The molecule has 0 heterocycles. The number of carboxylic acids is 1. The molecule has 0 aromatic heterocycles. The Kier molecular flexibility index (Phi) is 25.8. The van der Waals surface area contributed by atoms with E-state index in [0.29, 0.717) is 0 Å². The third-order valence-electron chi connectivity index (χ3n) is 0. The van der Waals surface area contributed by atoms with Crippen LogP contribution in [0.1, 0.15) is 6.92 Å². The Balaban J connectivity index is -0.0000000450. The van der Waals surface area contributed by atoms with E-state index >= 15 is 0 Å². The van der Waals surface area contributed by atoms with Gasteiger partial charge in [-0.15, -0.1) is 0 Å². The molecule has 0 unspecified atom stereocenters. The van der Waals surface area contributed by atoms with E-state index in [-0.39, 0.29) is 67.3 Å². The first-order valence-corrected chi connectivity index (χ1v) is 0.928. The van der Waals surface area contributed by atoms with Gasteiger partial charge >= 0.3 is 67.3 Å². The number of hydrogen-bond donors (Lipinski definition) is 1. The van der Waals surface area contributed by atoms with Gasteiger partial charge in [0.2, 0.25) is 0 Å². The van der Waals surface area contributed by atoms with Crippen LogP contribution in [0.15, 0.2) is 0 Å². The van der Waals surface area contributed by atoms with E-state index in [9.17, 15) is 0 Å². The predicted octanol–water partition coefficient (Wildman–Crippen LogP) is -1.47. The molecule has 0 aliphatic carbocycles. The Morgan fingerprint density at radius 2 is 1.67 bits per heavy atom. The number of rotatable bonds is 0. The molecule has 0 rings (SSSR count). The van der Waals surface area contributed by atoms with Gasteiger partial charge in [-0.05, 0) is 0 Å². The molecule has 0 saturated carbocycles. The number of carbonyl (C=O) groups is 1. The summed E-state index contributed by atoms with van der Waals surface area (Å²) in [5.41, 5.74) is 0. The van der Waals surface area contributed by atoms with Crippen LogP contribution in [0.2, 0.25) is 0 Å². The number of aliphatic carboxylic acids is 1. The summed E-state index contributed by atoms with van der Waals surface area (Å²) < 4.78 is 0. The molecule has 0 aliphatic heterocycles. The Bertz CT molecular complexity index is 34.5. The molecule has 0 saturated heterocycles. The molecule has 0 amide bonds. The van der Waals surface area contributed by atoms with Crippen LogP contribution < -0.4 is 0 Å². The van der Waals surface area contributed by atoms with Crippen molar-refractivity contribution in [2.24, 2.45) is 0 Å². The normalized spacial score (nSPS) is 4.17. The van der Waals surface area contributed by atoms with Crippen LogP contribution in [0.3, 0.4) is 0 Å². The third-order valence-corrected chi connectivity index (χ3v) is 0. The second-order valence-electron chi connectivity index (χ2n) is 0.519. The second kappa shape index (κ2) is 9.88. The average molecular weight is 126 g/mol. The molecule has 0 aromatic rings. The van der Waals surface area contributed by atoms with E-state index in [0.717, 1.165) is 6.92 Å². The fraction of sp³-hybridized carbons (Fsp3) is 0.500. The predicted molar refractivity (Wildman–Crippen MR) is 29.0 cm³/mol. The zero-order chi connectivity index (χ0) is 3.58. The zero-order valence-electron chi connectivity index (χ0n) is 2.36. The van der Waals surface area contributed by atoms with Gasteiger partial charge in [-0.3, -0.25) is 4.79 Å². The quantitative estimate of drug-likeness (QED) is 0.402. The van der Waals surface area contributed by atoms with Crippen LogP contribution in [0.5, 0.6) is 0 Å². The summed E-state index contributed by atoms with van der Waals surface area (Å²) in [6, 6.07) is 0. The fourth-order valence-corrected chi connectivity index (χ4v) is 0. The summed E-state index contributed by atoms with van der Waals surface area (Å²) in [7, 11) is 0. The van der Waals surface area contributed by atoms with Crippen molar-refractivity contribution < 1.29 is 9.90 Å². The molecule has 0 aromatic carbocycles. The summed E-state index contributed by atoms with van der Waals surface area (Å²) in [6.45, 7) is 1.08. The summed E-state index contributed by atoms with van der Waals surface area (Å²) in [5, 5.41) is 7.42. The zero-order valence-corrected chi connectivity index (χ0v) is 2.36. The molecule has 0 atom stereocenters. The molecule has 30 valence electrons. The summed E-state index contributed by atoms with van der Waals surface area (Å²) in [5.74, 6) is -0.833. The Morgan fingerprint density at radius 3 is 1.67 bits per heavy atom. The molecule has 0 bridgehead atoms. The summed E-state index contributed by atoms with van der Waals surface area (Å²) >= 11 is 0. The summed E-state index contributed by atoms with van der Waals surface area (Å²) in [6.07, 6.45) is 0. The van der Waals surface area contributed by atoms with Crippen molar-refractivity contribution in [3.8, 4) is 0 Å². The van der Waals surface area contributed by atoms with Gasteiger partial charge in [0.05, 0.1) is 0 Å². The van der Waals surface area contributed by atoms with Gasteiger partial charge in [0.15, 0.2) is 0 Å². The van der Waals surface area contributed by atoms with Gasteiger partial charge < -0.3 is 5.11 Å². The van der Waals surface area contributed by atoms with E-state index in [1.54, 1.807) is 0 Å².